The van der Waals surface area contributed by atoms with Crippen molar-refractivity contribution in [2.24, 2.45) is 0 Å². The second kappa shape index (κ2) is 4.98. The normalized spacial score (nSPS) is 9.21. The Morgan fingerprint density at radius 2 is 2.00 bits per heavy atom. The molecule has 2 amide bonds. The van der Waals surface area contributed by atoms with Crippen molar-refractivity contribution in [2.75, 3.05) is 0 Å². The van der Waals surface area contributed by atoms with Crippen LogP contribution in [0.5, 0.6) is 0 Å². The van der Waals surface area contributed by atoms with Crippen LogP contribution in [0.4, 0.5) is 0 Å². The van der Waals surface area contributed by atoms with E-state index in [1.807, 2.05) is 0 Å². The van der Waals surface area contributed by atoms with E-state index in [1.165, 1.54) is 5.48 Å². The maximum Gasteiger partial charge on any atom is 0.274 e. The van der Waals surface area contributed by atoms with Crippen LogP contribution in [-0.4, -0.2) is 17.5 Å². The highest BCUT2D eigenvalue weighted by Crippen LogP contribution is 2.03. The van der Waals surface area contributed by atoms with Gasteiger partial charge in [-0.3, -0.25) is 14.8 Å². The standard InChI is InChI=1S/C9H10N2O3/c12-6-10-5-7-1-3-8(4-2-7)9(13)11-14/h1-4,6,14H,5H2,(H,10,12)(H,11,13). The topological polar surface area (TPSA) is 78.4 Å². The van der Waals surface area contributed by atoms with E-state index in [0.29, 0.717) is 18.5 Å². The van der Waals surface area contributed by atoms with Gasteiger partial charge < -0.3 is 5.32 Å². The average Bonchev–Trinajstić information content (AvgIpc) is 2.26. The van der Waals surface area contributed by atoms with Crippen LogP contribution in [0.1, 0.15) is 15.9 Å². The first kappa shape index (κ1) is 10.2. The molecular weight excluding hydrogens is 184 g/mol. The van der Waals surface area contributed by atoms with Gasteiger partial charge in [-0.1, -0.05) is 12.1 Å². The number of rotatable bonds is 4. The average molecular weight is 194 g/mol. The zero-order valence-electron chi connectivity index (χ0n) is 7.36. The largest absolute Gasteiger partial charge is 0.355 e. The molecule has 14 heavy (non-hydrogen) atoms. The van der Waals surface area contributed by atoms with Crippen molar-refractivity contribution in [1.82, 2.24) is 10.8 Å². The molecule has 0 heterocycles. The number of amides is 2. The molecule has 0 aliphatic carbocycles. The van der Waals surface area contributed by atoms with Crippen molar-refractivity contribution in [3.63, 3.8) is 0 Å². The van der Waals surface area contributed by atoms with Gasteiger partial charge in [-0.25, -0.2) is 5.48 Å². The summed E-state index contributed by atoms with van der Waals surface area (Å²) in [5.41, 5.74) is 2.78. The van der Waals surface area contributed by atoms with Crippen LogP contribution in [-0.2, 0) is 11.3 Å². The van der Waals surface area contributed by atoms with Crippen molar-refractivity contribution in [2.45, 2.75) is 6.54 Å². The number of hydrogen-bond acceptors (Lipinski definition) is 3. The van der Waals surface area contributed by atoms with E-state index in [4.69, 9.17) is 5.21 Å². The first-order chi connectivity index (χ1) is 6.77. The molecule has 0 aliphatic heterocycles. The maximum atomic E-state index is 10.9. The first-order valence-electron chi connectivity index (χ1n) is 3.98. The molecule has 0 fully saturated rings. The summed E-state index contributed by atoms with van der Waals surface area (Å²) in [6.45, 7) is 0.421. The number of benzene rings is 1. The molecule has 0 atom stereocenters. The molecular formula is C9H10N2O3. The Morgan fingerprint density at radius 1 is 1.36 bits per heavy atom. The number of nitrogens with one attached hydrogen (secondary N) is 2. The molecule has 0 radical (unpaired) electrons. The second-order valence-corrected chi connectivity index (χ2v) is 2.64. The Bertz CT molecular complexity index is 321. The summed E-state index contributed by atoms with van der Waals surface area (Å²) in [7, 11) is 0. The van der Waals surface area contributed by atoms with E-state index in [9.17, 15) is 9.59 Å². The quantitative estimate of drug-likeness (QED) is 0.360. The SMILES string of the molecule is O=CNCc1ccc(C(=O)NO)cc1. The molecule has 1 aromatic carbocycles. The van der Waals surface area contributed by atoms with Crippen LogP contribution in [0.25, 0.3) is 0 Å². The molecule has 74 valence electrons. The Balaban J connectivity index is 2.68. The minimum Gasteiger partial charge on any atom is -0.355 e. The highest BCUT2D eigenvalue weighted by atomic mass is 16.5. The van der Waals surface area contributed by atoms with Crippen molar-refractivity contribution in [1.29, 1.82) is 0 Å². The van der Waals surface area contributed by atoms with E-state index in [1.54, 1.807) is 24.3 Å². The molecule has 0 aliphatic rings. The van der Waals surface area contributed by atoms with Gasteiger partial charge in [-0.15, -0.1) is 0 Å². The van der Waals surface area contributed by atoms with Crippen LogP contribution < -0.4 is 10.8 Å². The molecule has 0 saturated heterocycles. The van der Waals surface area contributed by atoms with Crippen molar-refractivity contribution in [3.05, 3.63) is 35.4 Å². The molecule has 0 unspecified atom stereocenters. The van der Waals surface area contributed by atoms with Gasteiger partial charge in [0.15, 0.2) is 0 Å². The highest BCUT2D eigenvalue weighted by molar-refractivity contribution is 5.93. The molecule has 5 heteroatoms. The fourth-order valence-electron chi connectivity index (χ4n) is 0.998. The lowest BCUT2D eigenvalue weighted by Gasteiger charge is -2.01. The lowest BCUT2D eigenvalue weighted by atomic mass is 10.1. The third-order valence-electron chi connectivity index (χ3n) is 1.71. The number of hydroxylamine groups is 1. The zero-order chi connectivity index (χ0) is 10.4. The summed E-state index contributed by atoms with van der Waals surface area (Å²) in [4.78, 5) is 20.9. The minimum atomic E-state index is -0.556. The van der Waals surface area contributed by atoms with E-state index in [2.05, 4.69) is 5.32 Å². The summed E-state index contributed by atoms with van der Waals surface area (Å²) in [6.07, 6.45) is 0.605. The summed E-state index contributed by atoms with van der Waals surface area (Å²) >= 11 is 0. The van der Waals surface area contributed by atoms with E-state index in [-0.39, 0.29) is 0 Å². The fourth-order valence-corrected chi connectivity index (χ4v) is 0.998. The first-order valence-corrected chi connectivity index (χ1v) is 3.98. The number of hydrogen-bond donors (Lipinski definition) is 3. The highest BCUT2D eigenvalue weighted by Gasteiger charge is 2.02. The van der Waals surface area contributed by atoms with Crippen LogP contribution in [0.15, 0.2) is 24.3 Å². The Morgan fingerprint density at radius 3 is 2.50 bits per heavy atom. The van der Waals surface area contributed by atoms with Gasteiger partial charge in [-0.05, 0) is 17.7 Å². The van der Waals surface area contributed by atoms with Gasteiger partial charge in [-0.2, -0.15) is 0 Å². The minimum absolute atomic E-state index is 0.363. The van der Waals surface area contributed by atoms with E-state index < -0.39 is 5.91 Å². The molecule has 0 bridgehead atoms. The smallest absolute Gasteiger partial charge is 0.274 e. The predicted octanol–water partition coefficient (Wildman–Crippen LogP) is 0.0516. The van der Waals surface area contributed by atoms with Gasteiger partial charge in [0, 0.05) is 12.1 Å². The van der Waals surface area contributed by atoms with E-state index >= 15 is 0 Å². The molecule has 3 N–H and O–H groups in total. The number of carbonyl (C=O) groups is 2. The van der Waals surface area contributed by atoms with Crippen LogP contribution in [0, 0.1) is 0 Å². The van der Waals surface area contributed by atoms with E-state index in [0.717, 1.165) is 5.56 Å². The fraction of sp³-hybridized carbons (Fsp3) is 0.111. The van der Waals surface area contributed by atoms with Gasteiger partial charge in [0.2, 0.25) is 6.41 Å². The van der Waals surface area contributed by atoms with Crippen LogP contribution in [0.2, 0.25) is 0 Å². The predicted molar refractivity (Wildman–Crippen MR) is 48.6 cm³/mol. The lowest BCUT2D eigenvalue weighted by molar-refractivity contribution is -0.109. The molecule has 0 saturated carbocycles. The maximum absolute atomic E-state index is 10.9. The monoisotopic (exact) mass is 194 g/mol. The van der Waals surface area contributed by atoms with Crippen molar-refractivity contribution < 1.29 is 14.8 Å². The van der Waals surface area contributed by atoms with Gasteiger partial charge in [0.1, 0.15) is 0 Å². The Labute approximate surface area is 80.7 Å². The van der Waals surface area contributed by atoms with Gasteiger partial charge in [0.05, 0.1) is 0 Å². The lowest BCUT2D eigenvalue weighted by Crippen LogP contribution is -2.18. The summed E-state index contributed by atoms with van der Waals surface area (Å²) in [5, 5.41) is 10.8. The summed E-state index contributed by atoms with van der Waals surface area (Å²) in [5.74, 6) is -0.556. The Kier molecular flexibility index (Phi) is 3.63. The third kappa shape index (κ3) is 2.56. The summed E-state index contributed by atoms with van der Waals surface area (Å²) in [6, 6.07) is 6.52. The third-order valence-corrected chi connectivity index (χ3v) is 1.71. The molecule has 1 rings (SSSR count). The molecule has 0 spiro atoms. The van der Waals surface area contributed by atoms with Crippen molar-refractivity contribution >= 4 is 12.3 Å². The van der Waals surface area contributed by atoms with Crippen LogP contribution in [0.3, 0.4) is 0 Å². The molecule has 1 aromatic rings. The molecule has 0 aromatic heterocycles. The zero-order valence-corrected chi connectivity index (χ0v) is 7.36. The number of carbonyl (C=O) groups excluding carboxylic acids is 2. The van der Waals surface area contributed by atoms with Gasteiger partial charge in [0.25, 0.3) is 5.91 Å². The van der Waals surface area contributed by atoms with Gasteiger partial charge >= 0.3 is 0 Å². The summed E-state index contributed by atoms with van der Waals surface area (Å²) < 4.78 is 0. The Hall–Kier alpha value is -1.88. The molecule has 5 nitrogen and oxygen atoms in total. The van der Waals surface area contributed by atoms with Crippen LogP contribution >= 0.6 is 0 Å². The second-order valence-electron chi connectivity index (χ2n) is 2.64. The van der Waals surface area contributed by atoms with Crippen molar-refractivity contribution in [3.8, 4) is 0 Å².